The highest BCUT2D eigenvalue weighted by Crippen LogP contribution is 2.18. The van der Waals surface area contributed by atoms with Gasteiger partial charge in [0.1, 0.15) is 5.15 Å². The molecule has 7 heteroatoms. The lowest BCUT2D eigenvalue weighted by atomic mass is 10.2. The number of pyridine rings is 1. The molecular weight excluding hydrogens is 316 g/mol. The molecule has 126 valence electrons. The summed E-state index contributed by atoms with van der Waals surface area (Å²) in [5, 5.41) is 3.05. The Hall–Kier alpha value is -1.66. The lowest BCUT2D eigenvalue weighted by molar-refractivity contribution is -0.133. The second-order valence-electron chi connectivity index (χ2n) is 5.88. The Morgan fingerprint density at radius 2 is 2.26 bits per heavy atom. The largest absolute Gasteiger partial charge is 0.352 e. The Morgan fingerprint density at radius 3 is 2.96 bits per heavy atom. The Kier molecular flexibility index (Phi) is 6.36. The predicted molar refractivity (Wildman–Crippen MR) is 89.5 cm³/mol. The van der Waals surface area contributed by atoms with Gasteiger partial charge < -0.3 is 10.2 Å². The number of nitrogens with one attached hydrogen (secondary N) is 1. The highest BCUT2D eigenvalue weighted by molar-refractivity contribution is 6.32. The fourth-order valence-corrected chi connectivity index (χ4v) is 3.01. The highest BCUT2D eigenvalue weighted by Gasteiger charge is 2.30. The summed E-state index contributed by atoms with van der Waals surface area (Å²) in [6.45, 7) is 2.28. The SMILES string of the molecule is CN(C)C(=O)[C@H]1CCCN1CCCNC(=O)c1cccnc1Cl. The van der Waals surface area contributed by atoms with Gasteiger partial charge in [-0.25, -0.2) is 4.98 Å². The van der Waals surface area contributed by atoms with Gasteiger partial charge in [-0.2, -0.15) is 0 Å². The summed E-state index contributed by atoms with van der Waals surface area (Å²) in [6, 6.07) is 3.31. The van der Waals surface area contributed by atoms with E-state index in [1.807, 2.05) is 0 Å². The van der Waals surface area contributed by atoms with Crippen molar-refractivity contribution in [3.63, 3.8) is 0 Å². The first-order valence-electron chi connectivity index (χ1n) is 7.84. The molecule has 2 heterocycles. The average molecular weight is 339 g/mol. The van der Waals surface area contributed by atoms with Crippen LogP contribution in [0.5, 0.6) is 0 Å². The van der Waals surface area contributed by atoms with Crippen molar-refractivity contribution >= 4 is 23.4 Å². The van der Waals surface area contributed by atoms with E-state index in [1.54, 1.807) is 37.3 Å². The van der Waals surface area contributed by atoms with Crippen LogP contribution < -0.4 is 5.32 Å². The van der Waals surface area contributed by atoms with Crippen LogP contribution in [-0.4, -0.2) is 66.4 Å². The maximum absolute atomic E-state index is 12.1. The number of halogens is 1. The number of aromatic nitrogens is 1. The molecule has 0 aromatic carbocycles. The van der Waals surface area contributed by atoms with Gasteiger partial charge in [-0.15, -0.1) is 0 Å². The topological polar surface area (TPSA) is 65.5 Å². The minimum Gasteiger partial charge on any atom is -0.352 e. The fourth-order valence-electron chi connectivity index (χ4n) is 2.81. The van der Waals surface area contributed by atoms with Crippen molar-refractivity contribution in [1.29, 1.82) is 0 Å². The van der Waals surface area contributed by atoms with Crippen LogP contribution in [0.1, 0.15) is 29.6 Å². The molecule has 1 saturated heterocycles. The van der Waals surface area contributed by atoms with E-state index in [4.69, 9.17) is 11.6 Å². The number of hydrogen-bond donors (Lipinski definition) is 1. The molecule has 0 unspecified atom stereocenters. The lowest BCUT2D eigenvalue weighted by Gasteiger charge is -2.26. The maximum Gasteiger partial charge on any atom is 0.254 e. The van der Waals surface area contributed by atoms with Crippen LogP contribution >= 0.6 is 11.6 Å². The number of likely N-dealkylation sites (tertiary alicyclic amines) is 1. The monoisotopic (exact) mass is 338 g/mol. The number of amides is 2. The number of nitrogens with zero attached hydrogens (tertiary/aromatic N) is 3. The fraction of sp³-hybridized carbons (Fsp3) is 0.562. The molecule has 6 nitrogen and oxygen atoms in total. The zero-order valence-electron chi connectivity index (χ0n) is 13.6. The molecule has 0 spiro atoms. The Bertz CT molecular complexity index is 565. The van der Waals surface area contributed by atoms with Gasteiger partial charge in [-0.1, -0.05) is 11.6 Å². The second kappa shape index (κ2) is 8.26. The molecule has 0 radical (unpaired) electrons. The predicted octanol–water partition coefficient (Wildman–Crippen LogP) is 1.41. The third-order valence-corrected chi connectivity index (χ3v) is 4.30. The first-order valence-corrected chi connectivity index (χ1v) is 8.22. The molecule has 2 amide bonds. The van der Waals surface area contributed by atoms with Gasteiger partial charge in [-0.3, -0.25) is 14.5 Å². The van der Waals surface area contributed by atoms with Crippen LogP contribution in [-0.2, 0) is 4.79 Å². The number of hydrogen-bond acceptors (Lipinski definition) is 4. The van der Waals surface area contributed by atoms with E-state index in [-0.39, 0.29) is 23.0 Å². The summed E-state index contributed by atoms with van der Waals surface area (Å²) in [7, 11) is 3.58. The van der Waals surface area contributed by atoms with Crippen LogP contribution in [0, 0.1) is 0 Å². The third-order valence-electron chi connectivity index (χ3n) is 4.00. The van der Waals surface area contributed by atoms with Crippen molar-refractivity contribution in [2.75, 3.05) is 33.7 Å². The lowest BCUT2D eigenvalue weighted by Crippen LogP contribution is -2.43. The van der Waals surface area contributed by atoms with Gasteiger partial charge in [-0.05, 0) is 37.9 Å². The van der Waals surface area contributed by atoms with Gasteiger partial charge >= 0.3 is 0 Å². The number of likely N-dealkylation sites (N-methyl/N-ethyl adjacent to an activating group) is 1. The molecule has 0 bridgehead atoms. The van der Waals surface area contributed by atoms with Gasteiger partial charge in [0.2, 0.25) is 5.91 Å². The van der Waals surface area contributed by atoms with Gasteiger partial charge in [0, 0.05) is 33.4 Å². The Balaban J connectivity index is 1.76. The molecule has 1 aliphatic heterocycles. The van der Waals surface area contributed by atoms with Crippen molar-refractivity contribution in [3.05, 3.63) is 29.0 Å². The van der Waals surface area contributed by atoms with Crippen LogP contribution in [0.2, 0.25) is 5.15 Å². The summed E-state index contributed by atoms with van der Waals surface area (Å²) < 4.78 is 0. The Morgan fingerprint density at radius 1 is 1.48 bits per heavy atom. The molecular formula is C16H23ClN4O2. The average Bonchev–Trinajstić information content (AvgIpc) is 2.99. The molecule has 1 atom stereocenters. The Labute approximate surface area is 141 Å². The van der Waals surface area contributed by atoms with Crippen LogP contribution in [0.15, 0.2) is 18.3 Å². The summed E-state index contributed by atoms with van der Waals surface area (Å²) in [6.07, 6.45) is 4.30. The minimum atomic E-state index is -0.217. The van der Waals surface area contributed by atoms with E-state index >= 15 is 0 Å². The number of carbonyl (C=O) groups excluding carboxylic acids is 2. The van der Waals surface area contributed by atoms with E-state index in [1.165, 1.54) is 0 Å². The van der Waals surface area contributed by atoms with Crippen molar-refractivity contribution < 1.29 is 9.59 Å². The molecule has 1 fully saturated rings. The first kappa shape index (κ1) is 17.7. The van der Waals surface area contributed by atoms with Crippen LogP contribution in [0.25, 0.3) is 0 Å². The van der Waals surface area contributed by atoms with Crippen molar-refractivity contribution in [3.8, 4) is 0 Å². The van der Waals surface area contributed by atoms with E-state index in [2.05, 4.69) is 15.2 Å². The second-order valence-corrected chi connectivity index (χ2v) is 6.24. The molecule has 2 rings (SSSR count). The van der Waals surface area contributed by atoms with Crippen LogP contribution in [0.3, 0.4) is 0 Å². The molecule has 23 heavy (non-hydrogen) atoms. The van der Waals surface area contributed by atoms with Crippen LogP contribution in [0.4, 0.5) is 0 Å². The van der Waals surface area contributed by atoms with Gasteiger partial charge in [0.15, 0.2) is 0 Å². The zero-order valence-corrected chi connectivity index (χ0v) is 14.3. The third kappa shape index (κ3) is 4.65. The summed E-state index contributed by atoms with van der Waals surface area (Å²) in [5.74, 6) is -0.0564. The normalized spacial score (nSPS) is 18.0. The molecule has 1 N–H and O–H groups in total. The standard InChI is InChI=1S/C16H23ClN4O2/c1-20(2)16(23)13-7-4-10-21(13)11-5-9-19-15(22)12-6-3-8-18-14(12)17/h3,6,8,13H,4-5,7,9-11H2,1-2H3,(H,19,22)/t13-/m1/s1. The molecule has 0 saturated carbocycles. The number of rotatable bonds is 6. The summed E-state index contributed by atoms with van der Waals surface area (Å²) in [4.78, 5) is 31.9. The molecule has 1 aromatic heterocycles. The maximum atomic E-state index is 12.1. The smallest absolute Gasteiger partial charge is 0.254 e. The van der Waals surface area contributed by atoms with Gasteiger partial charge in [0.05, 0.1) is 11.6 Å². The van der Waals surface area contributed by atoms with E-state index in [0.29, 0.717) is 12.1 Å². The minimum absolute atomic E-state index is 0.0199. The number of carbonyl (C=O) groups is 2. The molecule has 0 aliphatic carbocycles. The van der Waals surface area contributed by atoms with Crippen molar-refractivity contribution in [2.24, 2.45) is 0 Å². The van der Waals surface area contributed by atoms with Gasteiger partial charge in [0.25, 0.3) is 5.91 Å². The zero-order chi connectivity index (χ0) is 16.8. The first-order chi connectivity index (χ1) is 11.0. The van der Waals surface area contributed by atoms with E-state index < -0.39 is 0 Å². The quantitative estimate of drug-likeness (QED) is 0.629. The van der Waals surface area contributed by atoms with E-state index in [9.17, 15) is 9.59 Å². The molecule has 1 aromatic rings. The molecule has 1 aliphatic rings. The van der Waals surface area contributed by atoms with Crippen molar-refractivity contribution in [1.82, 2.24) is 20.1 Å². The van der Waals surface area contributed by atoms with E-state index in [0.717, 1.165) is 32.4 Å². The summed E-state index contributed by atoms with van der Waals surface area (Å²) >= 11 is 5.90. The highest BCUT2D eigenvalue weighted by atomic mass is 35.5. The van der Waals surface area contributed by atoms with Crippen molar-refractivity contribution in [2.45, 2.75) is 25.3 Å². The summed E-state index contributed by atoms with van der Waals surface area (Å²) in [5.41, 5.74) is 0.385.